The van der Waals surface area contributed by atoms with Gasteiger partial charge in [-0.1, -0.05) is 12.1 Å². The molecule has 1 heterocycles. The number of anilines is 1. The molecule has 3 heteroatoms. The molecule has 0 bridgehead atoms. The third-order valence-corrected chi connectivity index (χ3v) is 5.02. The van der Waals surface area contributed by atoms with Gasteiger partial charge < -0.3 is 10.2 Å². The zero-order valence-corrected chi connectivity index (χ0v) is 13.7. The fourth-order valence-corrected chi connectivity index (χ4v) is 3.31. The molecule has 1 aliphatic rings. The predicted octanol–water partition coefficient (Wildman–Crippen LogP) is 4.34. The van der Waals surface area contributed by atoms with Crippen LogP contribution >= 0.6 is 11.3 Å². The molecule has 1 N–H and O–H groups in total. The van der Waals surface area contributed by atoms with Crippen LogP contribution in [0, 0.1) is 6.92 Å². The highest BCUT2D eigenvalue weighted by atomic mass is 32.1. The molecular formula is C18H24N2S. The van der Waals surface area contributed by atoms with Crippen LogP contribution in [0.25, 0.3) is 0 Å². The Morgan fingerprint density at radius 2 is 2.14 bits per heavy atom. The molecule has 1 saturated carbocycles. The average molecular weight is 300 g/mol. The highest BCUT2D eigenvalue weighted by Gasteiger charge is 2.20. The van der Waals surface area contributed by atoms with Crippen molar-refractivity contribution in [3.8, 4) is 0 Å². The van der Waals surface area contributed by atoms with Crippen LogP contribution in [0.4, 0.5) is 5.69 Å². The summed E-state index contributed by atoms with van der Waals surface area (Å²) >= 11 is 1.84. The lowest BCUT2D eigenvalue weighted by molar-refractivity contribution is 0.685. The Morgan fingerprint density at radius 3 is 2.76 bits per heavy atom. The summed E-state index contributed by atoms with van der Waals surface area (Å²) in [5.41, 5.74) is 4.15. The monoisotopic (exact) mass is 300 g/mol. The molecule has 3 rings (SSSR count). The number of nitrogens with zero attached hydrogens (tertiary/aromatic N) is 1. The molecule has 2 aromatic rings. The van der Waals surface area contributed by atoms with Gasteiger partial charge >= 0.3 is 0 Å². The van der Waals surface area contributed by atoms with Crippen LogP contribution in [0.1, 0.15) is 35.8 Å². The summed E-state index contributed by atoms with van der Waals surface area (Å²) in [6.45, 7) is 7.51. The normalized spacial score (nSPS) is 14.4. The van der Waals surface area contributed by atoms with Crippen LogP contribution < -0.4 is 10.2 Å². The Balaban J connectivity index is 1.69. The molecule has 112 valence electrons. The highest BCUT2D eigenvalue weighted by Crippen LogP contribution is 2.24. The summed E-state index contributed by atoms with van der Waals surface area (Å²) in [6.07, 6.45) is 2.70. The zero-order chi connectivity index (χ0) is 14.7. The van der Waals surface area contributed by atoms with E-state index in [4.69, 9.17) is 0 Å². The van der Waals surface area contributed by atoms with Crippen molar-refractivity contribution < 1.29 is 0 Å². The molecule has 1 fully saturated rings. The first-order chi connectivity index (χ1) is 10.3. The topological polar surface area (TPSA) is 15.3 Å². The van der Waals surface area contributed by atoms with Crippen LogP contribution in [0.15, 0.2) is 35.7 Å². The smallest absolute Gasteiger partial charge is 0.0522 e. The number of nitrogens with one attached hydrogen (secondary N) is 1. The van der Waals surface area contributed by atoms with E-state index in [1.807, 2.05) is 11.3 Å². The number of benzene rings is 1. The second-order valence-electron chi connectivity index (χ2n) is 5.86. The van der Waals surface area contributed by atoms with Crippen molar-refractivity contribution in [2.24, 2.45) is 0 Å². The van der Waals surface area contributed by atoms with Crippen LogP contribution in [0.2, 0.25) is 0 Å². The summed E-state index contributed by atoms with van der Waals surface area (Å²) in [7, 11) is 0. The molecule has 0 saturated heterocycles. The van der Waals surface area contributed by atoms with E-state index < -0.39 is 0 Å². The van der Waals surface area contributed by atoms with Gasteiger partial charge in [0.2, 0.25) is 0 Å². The first-order valence-corrected chi connectivity index (χ1v) is 8.74. The Bertz CT molecular complexity index is 573. The van der Waals surface area contributed by atoms with Crippen LogP contribution in [0.5, 0.6) is 0 Å². The first kappa shape index (κ1) is 14.6. The van der Waals surface area contributed by atoms with Crippen molar-refractivity contribution >= 4 is 17.0 Å². The fourth-order valence-electron chi connectivity index (χ4n) is 2.59. The van der Waals surface area contributed by atoms with E-state index in [0.29, 0.717) is 0 Å². The number of hydrogen-bond donors (Lipinski definition) is 1. The molecular weight excluding hydrogens is 276 g/mol. The lowest BCUT2D eigenvalue weighted by Gasteiger charge is -2.23. The lowest BCUT2D eigenvalue weighted by atomic mass is 10.1. The van der Waals surface area contributed by atoms with Crippen LogP contribution in [0.3, 0.4) is 0 Å². The molecule has 1 aliphatic carbocycles. The minimum atomic E-state index is 0.773. The Kier molecular flexibility index (Phi) is 4.61. The lowest BCUT2D eigenvalue weighted by Crippen LogP contribution is -2.22. The average Bonchev–Trinajstić information content (AvgIpc) is 3.18. The molecule has 2 nitrogen and oxygen atoms in total. The number of rotatable bonds is 7. The number of hydrogen-bond acceptors (Lipinski definition) is 3. The van der Waals surface area contributed by atoms with Gasteiger partial charge in [0.15, 0.2) is 0 Å². The molecule has 0 atom stereocenters. The van der Waals surface area contributed by atoms with Crippen molar-refractivity contribution in [1.29, 1.82) is 0 Å². The van der Waals surface area contributed by atoms with E-state index >= 15 is 0 Å². The van der Waals surface area contributed by atoms with Gasteiger partial charge in [0.25, 0.3) is 0 Å². The van der Waals surface area contributed by atoms with Gasteiger partial charge in [0.1, 0.15) is 0 Å². The van der Waals surface area contributed by atoms with Crippen LogP contribution in [-0.4, -0.2) is 12.6 Å². The maximum absolute atomic E-state index is 3.60. The van der Waals surface area contributed by atoms with Gasteiger partial charge in [-0.05, 0) is 61.4 Å². The Hall–Kier alpha value is -1.32. The van der Waals surface area contributed by atoms with Gasteiger partial charge in [-0.2, -0.15) is 0 Å². The van der Waals surface area contributed by atoms with Crippen molar-refractivity contribution in [2.45, 2.75) is 45.8 Å². The van der Waals surface area contributed by atoms with Crippen molar-refractivity contribution in [2.75, 3.05) is 11.4 Å². The third-order valence-electron chi connectivity index (χ3n) is 4.16. The second kappa shape index (κ2) is 6.63. The largest absolute Gasteiger partial charge is 0.367 e. The van der Waals surface area contributed by atoms with E-state index in [0.717, 1.165) is 25.7 Å². The first-order valence-electron chi connectivity index (χ1n) is 7.86. The summed E-state index contributed by atoms with van der Waals surface area (Å²) in [6, 6.07) is 12.0. The predicted molar refractivity (Wildman–Crippen MR) is 92.1 cm³/mol. The Labute approximate surface area is 131 Å². The van der Waals surface area contributed by atoms with E-state index in [1.165, 1.54) is 34.5 Å². The van der Waals surface area contributed by atoms with Crippen molar-refractivity contribution in [3.63, 3.8) is 0 Å². The van der Waals surface area contributed by atoms with Crippen LogP contribution in [-0.2, 0) is 13.1 Å². The fraction of sp³-hybridized carbons (Fsp3) is 0.444. The molecule has 0 amide bonds. The summed E-state index contributed by atoms with van der Waals surface area (Å²) < 4.78 is 0. The number of aryl methyl sites for hydroxylation is 1. The minimum Gasteiger partial charge on any atom is -0.367 e. The third kappa shape index (κ3) is 3.86. The summed E-state index contributed by atoms with van der Waals surface area (Å²) in [5, 5.41) is 5.75. The molecule has 0 aliphatic heterocycles. The van der Waals surface area contributed by atoms with E-state index in [1.54, 1.807) is 0 Å². The van der Waals surface area contributed by atoms with Crippen molar-refractivity contribution in [1.82, 2.24) is 5.32 Å². The van der Waals surface area contributed by atoms with E-state index in [9.17, 15) is 0 Å². The minimum absolute atomic E-state index is 0.773. The standard InChI is InChI=1S/C18H24N2S/c1-3-20(13-18-5-4-10-21-18)17-9-6-15(14(2)11-17)12-19-16-7-8-16/h4-6,9-11,16,19H,3,7-8,12-13H2,1-2H3. The van der Waals surface area contributed by atoms with Gasteiger partial charge in [0.05, 0.1) is 6.54 Å². The van der Waals surface area contributed by atoms with E-state index in [2.05, 4.69) is 59.8 Å². The summed E-state index contributed by atoms with van der Waals surface area (Å²) in [5.74, 6) is 0. The molecule has 21 heavy (non-hydrogen) atoms. The molecule has 0 radical (unpaired) electrons. The van der Waals surface area contributed by atoms with E-state index in [-0.39, 0.29) is 0 Å². The SMILES string of the molecule is CCN(Cc1cccs1)c1ccc(CNC2CC2)c(C)c1. The Morgan fingerprint density at radius 1 is 1.29 bits per heavy atom. The maximum atomic E-state index is 3.60. The molecule has 1 aromatic carbocycles. The zero-order valence-electron chi connectivity index (χ0n) is 12.9. The van der Waals surface area contributed by atoms with Crippen molar-refractivity contribution in [3.05, 3.63) is 51.7 Å². The molecule has 0 unspecified atom stereocenters. The molecule has 0 spiro atoms. The second-order valence-corrected chi connectivity index (χ2v) is 6.89. The maximum Gasteiger partial charge on any atom is 0.0522 e. The molecule has 1 aromatic heterocycles. The summed E-state index contributed by atoms with van der Waals surface area (Å²) in [4.78, 5) is 3.87. The quantitative estimate of drug-likeness (QED) is 0.818. The number of thiophene rings is 1. The van der Waals surface area contributed by atoms with Gasteiger partial charge in [-0.15, -0.1) is 11.3 Å². The van der Waals surface area contributed by atoms with Gasteiger partial charge in [0, 0.05) is 29.7 Å². The van der Waals surface area contributed by atoms with Gasteiger partial charge in [-0.3, -0.25) is 0 Å². The highest BCUT2D eigenvalue weighted by molar-refractivity contribution is 7.09. The van der Waals surface area contributed by atoms with Gasteiger partial charge in [-0.25, -0.2) is 0 Å².